The van der Waals surface area contributed by atoms with Crippen LogP contribution in [0.1, 0.15) is 43.4 Å². The van der Waals surface area contributed by atoms with E-state index in [0.29, 0.717) is 0 Å². The molecule has 4 N–H and O–H groups in total. The Bertz CT molecular complexity index is 876. The van der Waals surface area contributed by atoms with E-state index in [-0.39, 0.29) is 30.5 Å². The number of thioether (sulfide) groups is 1. The fourth-order valence-electron chi connectivity index (χ4n) is 4.19. The lowest BCUT2D eigenvalue weighted by Gasteiger charge is -2.22. The molecule has 3 unspecified atom stereocenters. The Labute approximate surface area is 156 Å². The standard InChI is InChI=1S/C19H24N4O2S/c1-11(25)21-16-7-3-5-14(16)15-6-2-4-12-8-17(23(20)18(12)15)19-22-13(9-24)10-26-19/h2,4,6,8,13-14,16,24H,3,5,7,9-10,20H2,1H3,(H,21,25). The molecule has 1 aromatic heterocycles. The van der Waals surface area contributed by atoms with Gasteiger partial charge in [-0.3, -0.25) is 14.5 Å². The number of benzene rings is 1. The second-order valence-electron chi connectivity index (χ2n) is 7.11. The van der Waals surface area contributed by atoms with Crippen molar-refractivity contribution in [1.82, 2.24) is 9.99 Å². The second-order valence-corrected chi connectivity index (χ2v) is 8.12. The first-order valence-corrected chi connectivity index (χ1v) is 10.1. The average molecular weight is 372 g/mol. The summed E-state index contributed by atoms with van der Waals surface area (Å²) in [6.45, 7) is 1.64. The number of carbonyl (C=O) groups is 1. The van der Waals surface area contributed by atoms with E-state index in [1.807, 2.05) is 0 Å². The summed E-state index contributed by atoms with van der Waals surface area (Å²) >= 11 is 1.64. The van der Waals surface area contributed by atoms with Crippen LogP contribution in [-0.4, -0.2) is 45.2 Å². The van der Waals surface area contributed by atoms with Crippen LogP contribution in [-0.2, 0) is 4.79 Å². The van der Waals surface area contributed by atoms with Gasteiger partial charge >= 0.3 is 0 Å². The molecule has 1 amide bonds. The van der Waals surface area contributed by atoms with E-state index >= 15 is 0 Å². The highest BCUT2D eigenvalue weighted by atomic mass is 32.2. The number of aliphatic hydroxyl groups is 1. The van der Waals surface area contributed by atoms with Crippen LogP contribution in [0, 0.1) is 0 Å². The number of amides is 1. The number of aliphatic hydroxyl groups excluding tert-OH is 1. The van der Waals surface area contributed by atoms with Crippen LogP contribution in [0.25, 0.3) is 10.9 Å². The van der Waals surface area contributed by atoms with Crippen molar-refractivity contribution < 1.29 is 9.90 Å². The maximum Gasteiger partial charge on any atom is 0.217 e. The lowest BCUT2D eigenvalue weighted by molar-refractivity contribution is -0.119. The zero-order chi connectivity index (χ0) is 18.3. The predicted octanol–water partition coefficient (Wildman–Crippen LogP) is 1.98. The van der Waals surface area contributed by atoms with Crippen molar-refractivity contribution in [2.75, 3.05) is 18.2 Å². The van der Waals surface area contributed by atoms with Gasteiger partial charge in [-0.25, -0.2) is 0 Å². The van der Waals surface area contributed by atoms with Crippen LogP contribution >= 0.6 is 11.8 Å². The van der Waals surface area contributed by atoms with E-state index < -0.39 is 0 Å². The Morgan fingerprint density at radius 2 is 2.31 bits per heavy atom. The third-order valence-electron chi connectivity index (χ3n) is 5.34. The highest BCUT2D eigenvalue weighted by Crippen LogP contribution is 2.39. The number of nitrogen functional groups attached to an aromatic ring is 1. The van der Waals surface area contributed by atoms with Gasteiger partial charge in [0.1, 0.15) is 5.04 Å². The minimum atomic E-state index is -0.0496. The van der Waals surface area contributed by atoms with Crippen molar-refractivity contribution >= 4 is 33.6 Å². The normalized spacial score (nSPS) is 25.6. The minimum absolute atomic E-state index is 0.0182. The molecule has 0 saturated heterocycles. The summed E-state index contributed by atoms with van der Waals surface area (Å²) in [4.78, 5) is 16.2. The molecule has 0 bridgehead atoms. The van der Waals surface area contributed by atoms with Crippen molar-refractivity contribution in [2.45, 2.75) is 44.2 Å². The maximum absolute atomic E-state index is 11.6. The topological polar surface area (TPSA) is 92.6 Å². The summed E-state index contributed by atoms with van der Waals surface area (Å²) < 4.78 is 1.74. The molecule has 2 aliphatic rings. The third kappa shape index (κ3) is 2.99. The van der Waals surface area contributed by atoms with E-state index in [9.17, 15) is 9.90 Å². The quantitative estimate of drug-likeness (QED) is 0.716. The number of nitrogens with two attached hydrogens (primary N) is 1. The molecule has 6 nitrogen and oxygen atoms in total. The van der Waals surface area contributed by atoms with Crippen molar-refractivity contribution in [3.8, 4) is 0 Å². The minimum Gasteiger partial charge on any atom is -0.394 e. The van der Waals surface area contributed by atoms with Gasteiger partial charge in [-0.15, -0.1) is 11.8 Å². The molecule has 2 aromatic rings. The van der Waals surface area contributed by atoms with E-state index in [0.717, 1.165) is 46.7 Å². The first-order chi connectivity index (χ1) is 12.6. The average Bonchev–Trinajstić information content (AvgIpc) is 3.33. The summed E-state index contributed by atoms with van der Waals surface area (Å²) in [6.07, 6.45) is 3.15. The van der Waals surface area contributed by atoms with Crippen molar-refractivity contribution in [2.24, 2.45) is 4.99 Å². The third-order valence-corrected chi connectivity index (χ3v) is 6.48. The number of rotatable bonds is 4. The molecule has 1 aliphatic heterocycles. The summed E-state index contributed by atoms with van der Waals surface area (Å²) in [5.74, 6) is 7.57. The number of hydrogen-bond donors (Lipinski definition) is 3. The van der Waals surface area contributed by atoms with Gasteiger partial charge in [0, 0.05) is 30.0 Å². The summed E-state index contributed by atoms with van der Waals surface area (Å²) in [5, 5.41) is 14.4. The molecule has 0 spiro atoms. The summed E-state index contributed by atoms with van der Waals surface area (Å²) in [6, 6.07) is 8.44. The zero-order valence-corrected chi connectivity index (χ0v) is 15.6. The van der Waals surface area contributed by atoms with Gasteiger partial charge in [0.2, 0.25) is 5.91 Å². The molecule has 3 atom stereocenters. The van der Waals surface area contributed by atoms with Gasteiger partial charge in [0.15, 0.2) is 0 Å². The van der Waals surface area contributed by atoms with Crippen LogP contribution in [0.5, 0.6) is 0 Å². The molecule has 1 saturated carbocycles. The van der Waals surface area contributed by atoms with Crippen LogP contribution in [0.4, 0.5) is 0 Å². The number of nitrogens with zero attached hydrogens (tertiary/aromatic N) is 2. The Hall–Kier alpha value is -1.99. The van der Waals surface area contributed by atoms with Gasteiger partial charge in [-0.2, -0.15) is 0 Å². The van der Waals surface area contributed by atoms with Gasteiger partial charge in [0.05, 0.1) is 23.9 Å². The van der Waals surface area contributed by atoms with E-state index in [1.54, 1.807) is 23.4 Å². The van der Waals surface area contributed by atoms with Crippen LogP contribution in [0.3, 0.4) is 0 Å². The molecule has 1 fully saturated rings. The highest BCUT2D eigenvalue weighted by Gasteiger charge is 2.32. The Kier molecular flexibility index (Phi) is 4.67. The number of carbonyl (C=O) groups excluding carboxylic acids is 1. The monoisotopic (exact) mass is 372 g/mol. The molecule has 7 heteroatoms. The van der Waals surface area contributed by atoms with E-state index in [2.05, 4.69) is 34.6 Å². The van der Waals surface area contributed by atoms with E-state index in [4.69, 9.17) is 5.84 Å². The largest absolute Gasteiger partial charge is 0.394 e. The van der Waals surface area contributed by atoms with Gasteiger partial charge in [-0.05, 0) is 24.5 Å². The van der Waals surface area contributed by atoms with Crippen LogP contribution in [0.2, 0.25) is 0 Å². The highest BCUT2D eigenvalue weighted by molar-refractivity contribution is 8.14. The fourth-order valence-corrected chi connectivity index (χ4v) is 5.25. The molecule has 0 radical (unpaired) electrons. The summed E-state index contributed by atoms with van der Waals surface area (Å²) in [5.41, 5.74) is 3.10. The van der Waals surface area contributed by atoms with Crippen LogP contribution < -0.4 is 11.2 Å². The molecule has 1 aliphatic carbocycles. The second kappa shape index (κ2) is 6.96. The smallest absolute Gasteiger partial charge is 0.217 e. The van der Waals surface area contributed by atoms with Crippen LogP contribution in [0.15, 0.2) is 29.3 Å². The molecule has 2 heterocycles. The number of hydrogen-bond acceptors (Lipinski definition) is 5. The number of para-hydroxylation sites is 1. The lowest BCUT2D eigenvalue weighted by Crippen LogP contribution is -2.35. The van der Waals surface area contributed by atoms with Crippen molar-refractivity contribution in [3.63, 3.8) is 0 Å². The summed E-state index contributed by atoms with van der Waals surface area (Å²) in [7, 11) is 0. The molecule has 138 valence electrons. The first-order valence-electron chi connectivity index (χ1n) is 9.07. The van der Waals surface area contributed by atoms with Crippen molar-refractivity contribution in [3.05, 3.63) is 35.5 Å². The number of aromatic nitrogens is 1. The molecular weight excluding hydrogens is 348 g/mol. The molecule has 4 rings (SSSR count). The first kappa shape index (κ1) is 17.4. The number of nitrogens with one attached hydrogen (secondary N) is 1. The van der Waals surface area contributed by atoms with Gasteiger partial charge in [-0.1, -0.05) is 24.6 Å². The molecular formula is C19H24N4O2S. The Morgan fingerprint density at radius 1 is 1.46 bits per heavy atom. The van der Waals surface area contributed by atoms with Crippen molar-refractivity contribution in [1.29, 1.82) is 0 Å². The fraction of sp³-hybridized carbons (Fsp3) is 0.474. The van der Waals surface area contributed by atoms with Gasteiger partial charge < -0.3 is 16.3 Å². The molecule has 1 aromatic carbocycles. The van der Waals surface area contributed by atoms with Gasteiger partial charge in [0.25, 0.3) is 0 Å². The number of fused-ring (bicyclic) bond motifs is 1. The maximum atomic E-state index is 11.6. The van der Waals surface area contributed by atoms with E-state index in [1.165, 1.54) is 5.56 Å². The number of aliphatic imine (C=N–C) groups is 1. The SMILES string of the molecule is CC(=O)NC1CCCC1c1cccc2cc(C3=NC(CO)CS3)n(N)c12. The Balaban J connectivity index is 1.76. The molecule has 26 heavy (non-hydrogen) atoms. The lowest BCUT2D eigenvalue weighted by atomic mass is 9.92. The zero-order valence-electron chi connectivity index (χ0n) is 14.8. The Morgan fingerprint density at radius 3 is 3.04 bits per heavy atom. The predicted molar refractivity (Wildman–Crippen MR) is 106 cm³/mol.